The Morgan fingerprint density at radius 1 is 1.10 bits per heavy atom. The van der Waals surface area contributed by atoms with Crippen LogP contribution in [0.15, 0.2) is 73.2 Å². The van der Waals surface area contributed by atoms with Gasteiger partial charge in [-0.15, -0.1) is 0 Å². The van der Waals surface area contributed by atoms with Gasteiger partial charge in [0, 0.05) is 30.8 Å². The summed E-state index contributed by atoms with van der Waals surface area (Å²) in [6.07, 6.45) is 5.04. The highest BCUT2D eigenvalue weighted by Gasteiger charge is 2.39. The number of carbonyl (C=O) groups is 2. The summed E-state index contributed by atoms with van der Waals surface area (Å²) in [7, 11) is 0. The molecule has 1 aromatic heterocycles. The van der Waals surface area contributed by atoms with Crippen molar-refractivity contribution in [3.8, 4) is 0 Å². The van der Waals surface area contributed by atoms with Crippen LogP contribution in [-0.4, -0.2) is 39.3 Å². The second-order valence-electron chi connectivity index (χ2n) is 7.60. The molecule has 1 aliphatic rings. The van der Waals surface area contributed by atoms with E-state index < -0.39 is 6.04 Å². The van der Waals surface area contributed by atoms with E-state index in [1.807, 2.05) is 60.7 Å². The van der Waals surface area contributed by atoms with Gasteiger partial charge in [-0.1, -0.05) is 60.7 Å². The number of hydrogen-bond acceptors (Lipinski definition) is 4. The molecule has 1 saturated heterocycles. The fourth-order valence-electron chi connectivity index (χ4n) is 3.91. The summed E-state index contributed by atoms with van der Waals surface area (Å²) in [6.45, 7) is 0.740. The van der Waals surface area contributed by atoms with Crippen molar-refractivity contribution < 1.29 is 14.3 Å². The van der Waals surface area contributed by atoms with E-state index in [1.165, 1.54) is 0 Å². The van der Waals surface area contributed by atoms with Crippen molar-refractivity contribution in [3.05, 3.63) is 90.0 Å². The number of aromatic amines is 1. The normalized spacial score (nSPS) is 17.1. The third-order valence-electron chi connectivity index (χ3n) is 5.52. The number of imidazole rings is 1. The van der Waals surface area contributed by atoms with Crippen molar-refractivity contribution in [3.63, 3.8) is 0 Å². The van der Waals surface area contributed by atoms with E-state index in [1.54, 1.807) is 17.4 Å². The number of nitrogens with one attached hydrogen (secondary N) is 1. The van der Waals surface area contributed by atoms with Gasteiger partial charge in [0.05, 0.1) is 6.33 Å². The van der Waals surface area contributed by atoms with Crippen molar-refractivity contribution in [1.29, 1.82) is 0 Å². The fourth-order valence-corrected chi connectivity index (χ4v) is 3.91. The van der Waals surface area contributed by atoms with Crippen molar-refractivity contribution in [2.45, 2.75) is 31.9 Å². The van der Waals surface area contributed by atoms with Crippen molar-refractivity contribution >= 4 is 11.9 Å². The fraction of sp³-hybridized carbons (Fsp3) is 0.292. The van der Waals surface area contributed by atoms with Gasteiger partial charge >= 0.3 is 5.97 Å². The van der Waals surface area contributed by atoms with Crippen molar-refractivity contribution in [1.82, 2.24) is 14.9 Å². The summed E-state index contributed by atoms with van der Waals surface area (Å²) in [5, 5.41) is 0. The van der Waals surface area contributed by atoms with Gasteiger partial charge in [-0.25, -0.2) is 9.78 Å². The summed E-state index contributed by atoms with van der Waals surface area (Å²) in [5.41, 5.74) is 2.85. The largest absolute Gasteiger partial charge is 0.459 e. The number of rotatable bonds is 8. The van der Waals surface area contributed by atoms with Crippen LogP contribution in [0.4, 0.5) is 0 Å². The summed E-state index contributed by atoms with van der Waals surface area (Å²) >= 11 is 0. The van der Waals surface area contributed by atoms with Crippen LogP contribution in [0.1, 0.15) is 23.2 Å². The molecule has 6 heteroatoms. The van der Waals surface area contributed by atoms with E-state index >= 15 is 0 Å². The van der Waals surface area contributed by atoms with Gasteiger partial charge in [0.1, 0.15) is 12.6 Å². The first kappa shape index (κ1) is 19.9. The lowest BCUT2D eigenvalue weighted by Crippen LogP contribution is -2.45. The second-order valence-corrected chi connectivity index (χ2v) is 7.60. The third-order valence-corrected chi connectivity index (χ3v) is 5.52. The number of nitrogens with zero attached hydrogens (tertiary/aromatic N) is 2. The minimum atomic E-state index is -0.664. The van der Waals surface area contributed by atoms with E-state index in [2.05, 4.69) is 9.97 Å². The number of ether oxygens (including phenoxy) is 1. The number of carbonyl (C=O) groups excluding carboxylic acids is 2. The maximum absolute atomic E-state index is 13.2. The summed E-state index contributed by atoms with van der Waals surface area (Å²) in [5.74, 6) is -0.485. The standard InChI is InChI=1S/C24H25N3O3/c28-23-20(13-18-7-3-1-4-8-18)11-12-27(23)22(14-21-15-25-17-26-21)24(29)30-16-19-9-5-2-6-10-19/h1-10,15,17,20,22H,11-14,16H2,(H,25,26)/t20-,22-/m0/s1. The molecule has 0 spiro atoms. The number of hydrogen-bond donors (Lipinski definition) is 1. The maximum atomic E-state index is 13.2. The van der Waals surface area contributed by atoms with Crippen LogP contribution in [0.5, 0.6) is 0 Å². The molecule has 2 heterocycles. The number of H-pyrrole nitrogens is 1. The molecule has 154 valence electrons. The lowest BCUT2D eigenvalue weighted by Gasteiger charge is -2.26. The lowest BCUT2D eigenvalue weighted by molar-refractivity contribution is -0.155. The number of aromatic nitrogens is 2. The van der Waals surface area contributed by atoms with Crippen LogP contribution in [0.2, 0.25) is 0 Å². The van der Waals surface area contributed by atoms with Crippen LogP contribution in [0.3, 0.4) is 0 Å². The zero-order valence-electron chi connectivity index (χ0n) is 16.7. The van der Waals surface area contributed by atoms with Crippen molar-refractivity contribution in [2.75, 3.05) is 6.54 Å². The highest BCUT2D eigenvalue weighted by Crippen LogP contribution is 2.26. The van der Waals surface area contributed by atoms with Crippen LogP contribution in [0.25, 0.3) is 0 Å². The summed E-state index contributed by atoms with van der Waals surface area (Å²) < 4.78 is 5.59. The maximum Gasteiger partial charge on any atom is 0.329 e. The number of benzene rings is 2. The zero-order valence-corrected chi connectivity index (χ0v) is 16.7. The lowest BCUT2D eigenvalue weighted by atomic mass is 9.98. The first-order valence-corrected chi connectivity index (χ1v) is 10.2. The molecule has 0 unspecified atom stereocenters. The highest BCUT2D eigenvalue weighted by molar-refractivity contribution is 5.87. The minimum absolute atomic E-state index is 0.0139. The molecule has 30 heavy (non-hydrogen) atoms. The first-order chi connectivity index (χ1) is 14.7. The third kappa shape index (κ3) is 4.76. The van der Waals surface area contributed by atoms with Gasteiger partial charge in [0.2, 0.25) is 5.91 Å². The molecule has 0 saturated carbocycles. The number of likely N-dealkylation sites (tertiary alicyclic amines) is 1. The smallest absolute Gasteiger partial charge is 0.329 e. The van der Waals surface area contributed by atoms with Crippen molar-refractivity contribution in [2.24, 2.45) is 5.92 Å². The van der Waals surface area contributed by atoms with Gasteiger partial charge in [0.15, 0.2) is 0 Å². The van der Waals surface area contributed by atoms with Crippen LogP contribution in [0, 0.1) is 5.92 Å². The molecule has 1 fully saturated rings. The molecule has 4 rings (SSSR count). The van der Waals surface area contributed by atoms with Gasteiger partial charge in [-0.2, -0.15) is 0 Å². The minimum Gasteiger partial charge on any atom is -0.459 e. The second kappa shape index (κ2) is 9.39. The molecule has 0 bridgehead atoms. The van der Waals surface area contributed by atoms with Gasteiger partial charge in [0.25, 0.3) is 0 Å². The number of amides is 1. The Morgan fingerprint density at radius 3 is 2.47 bits per heavy atom. The van der Waals surface area contributed by atoms with E-state index in [9.17, 15) is 9.59 Å². The molecule has 1 amide bonds. The molecular weight excluding hydrogens is 378 g/mol. The molecule has 2 atom stereocenters. The van der Waals surface area contributed by atoms with Gasteiger partial charge in [-0.3, -0.25) is 4.79 Å². The molecule has 2 aromatic carbocycles. The van der Waals surface area contributed by atoms with Crippen LogP contribution in [-0.2, 0) is 33.8 Å². The van der Waals surface area contributed by atoms with Crippen LogP contribution >= 0.6 is 0 Å². The monoisotopic (exact) mass is 403 g/mol. The number of esters is 1. The SMILES string of the molecule is O=C(OCc1ccccc1)[C@H](Cc1cnc[nH]1)N1CC[C@@H](Cc2ccccc2)C1=O. The Balaban J connectivity index is 1.46. The molecule has 3 aromatic rings. The van der Waals surface area contributed by atoms with E-state index in [4.69, 9.17) is 4.74 Å². The summed E-state index contributed by atoms with van der Waals surface area (Å²) in [4.78, 5) is 34.9. The molecule has 0 aliphatic carbocycles. The van der Waals surface area contributed by atoms with Gasteiger partial charge in [-0.05, 0) is 24.0 Å². The molecule has 1 aliphatic heterocycles. The molecule has 0 radical (unpaired) electrons. The zero-order chi connectivity index (χ0) is 20.8. The summed E-state index contributed by atoms with van der Waals surface area (Å²) in [6, 6.07) is 18.9. The Bertz CT molecular complexity index is 958. The van der Waals surface area contributed by atoms with Gasteiger partial charge < -0.3 is 14.6 Å². The topological polar surface area (TPSA) is 75.3 Å². The average molecular weight is 403 g/mol. The molecule has 6 nitrogen and oxygen atoms in total. The Kier molecular flexibility index (Phi) is 6.23. The first-order valence-electron chi connectivity index (χ1n) is 10.2. The molecule has 1 N–H and O–H groups in total. The Labute approximate surface area is 175 Å². The Hall–Kier alpha value is -3.41. The highest BCUT2D eigenvalue weighted by atomic mass is 16.5. The van der Waals surface area contributed by atoms with E-state index in [-0.39, 0.29) is 24.4 Å². The van der Waals surface area contributed by atoms with E-state index in [0.29, 0.717) is 19.4 Å². The Morgan fingerprint density at radius 2 is 1.80 bits per heavy atom. The molecular formula is C24H25N3O3. The average Bonchev–Trinajstić information content (AvgIpc) is 3.42. The predicted molar refractivity (Wildman–Crippen MR) is 112 cm³/mol. The quantitative estimate of drug-likeness (QED) is 0.586. The predicted octanol–water partition coefficient (Wildman–Crippen LogP) is 3.16. The van der Waals surface area contributed by atoms with E-state index in [0.717, 1.165) is 23.2 Å². The van der Waals surface area contributed by atoms with Crippen LogP contribution < -0.4 is 0 Å².